The van der Waals surface area contributed by atoms with Crippen molar-refractivity contribution >= 4 is 22.5 Å². The van der Waals surface area contributed by atoms with E-state index in [-0.39, 0.29) is 11.9 Å². The number of ether oxygens (including phenoxy) is 1. The average molecular weight is 513 g/mol. The molecule has 0 radical (unpaired) electrons. The molecule has 1 N–H and O–H groups in total. The molecule has 0 saturated carbocycles. The van der Waals surface area contributed by atoms with Gasteiger partial charge < -0.3 is 15.0 Å². The number of nitrogens with zero attached hydrogens (tertiary/aromatic N) is 5. The Hall–Kier alpha value is -3.91. The van der Waals surface area contributed by atoms with E-state index in [4.69, 9.17) is 14.8 Å². The maximum atomic E-state index is 12.9. The molecule has 3 heterocycles. The Morgan fingerprint density at radius 2 is 1.89 bits per heavy atom. The fourth-order valence-corrected chi connectivity index (χ4v) is 5.23. The summed E-state index contributed by atoms with van der Waals surface area (Å²) in [5, 5.41) is 9.08. The van der Waals surface area contributed by atoms with Gasteiger partial charge in [-0.3, -0.25) is 14.7 Å². The standard InChI is InChI=1S/C30H36N6O2/c1-3-15-31-28(37)22-26(25-14-19-36(33-25)24-10-5-4-6-11-24)34-17-8-18-35(21-20-34)30-27(38-2)13-12-23-9-7-16-32-29(23)30/h4-7,9-14,16,19,26H,3,8,15,17-18,20-22H2,1-2H3,(H,31,37). The third-order valence-corrected chi connectivity index (χ3v) is 7.14. The number of para-hydroxylation sites is 1. The minimum Gasteiger partial charge on any atom is -0.494 e. The lowest BCUT2D eigenvalue weighted by atomic mass is 10.1. The van der Waals surface area contributed by atoms with Crippen LogP contribution < -0.4 is 15.0 Å². The molecule has 0 spiro atoms. The Morgan fingerprint density at radius 1 is 1.03 bits per heavy atom. The van der Waals surface area contributed by atoms with Gasteiger partial charge in [0.15, 0.2) is 0 Å². The second-order valence-corrected chi connectivity index (χ2v) is 9.66. The molecule has 1 unspecified atom stereocenters. The largest absolute Gasteiger partial charge is 0.494 e. The molecular weight excluding hydrogens is 476 g/mol. The van der Waals surface area contributed by atoms with Crippen LogP contribution in [0, 0.1) is 0 Å². The number of aromatic nitrogens is 3. The van der Waals surface area contributed by atoms with E-state index < -0.39 is 0 Å². The monoisotopic (exact) mass is 512 g/mol. The summed E-state index contributed by atoms with van der Waals surface area (Å²) in [6, 6.07) is 20.2. The van der Waals surface area contributed by atoms with Crippen LogP contribution in [0.1, 0.15) is 37.9 Å². The van der Waals surface area contributed by atoms with E-state index in [0.717, 1.165) is 72.7 Å². The zero-order valence-corrected chi connectivity index (χ0v) is 22.2. The molecule has 1 aliphatic rings. The van der Waals surface area contributed by atoms with E-state index in [1.165, 1.54) is 0 Å². The second kappa shape index (κ2) is 12.1. The molecule has 38 heavy (non-hydrogen) atoms. The molecule has 2 aromatic heterocycles. The van der Waals surface area contributed by atoms with Crippen LogP contribution in [0.25, 0.3) is 16.6 Å². The SMILES string of the molecule is CCCNC(=O)CC(c1ccn(-c2ccccc2)n1)N1CCCN(c2c(OC)ccc3cccnc23)CC1. The number of pyridine rings is 1. The van der Waals surface area contributed by atoms with Crippen molar-refractivity contribution in [2.75, 3.05) is 44.7 Å². The van der Waals surface area contributed by atoms with Crippen LogP contribution in [0.4, 0.5) is 5.69 Å². The van der Waals surface area contributed by atoms with E-state index in [0.29, 0.717) is 13.0 Å². The van der Waals surface area contributed by atoms with Gasteiger partial charge in [0.1, 0.15) is 11.4 Å². The predicted molar refractivity (Wildman–Crippen MR) is 151 cm³/mol. The van der Waals surface area contributed by atoms with Crippen molar-refractivity contribution < 1.29 is 9.53 Å². The number of carbonyl (C=O) groups is 1. The Morgan fingerprint density at radius 3 is 2.71 bits per heavy atom. The lowest BCUT2D eigenvalue weighted by Crippen LogP contribution is -2.37. The predicted octanol–water partition coefficient (Wildman–Crippen LogP) is 4.60. The lowest BCUT2D eigenvalue weighted by Gasteiger charge is -2.30. The molecular formula is C30H36N6O2. The number of carbonyl (C=O) groups excluding carboxylic acids is 1. The summed E-state index contributed by atoms with van der Waals surface area (Å²) in [5.74, 6) is 0.897. The third kappa shape index (κ3) is 5.65. The molecule has 0 aliphatic carbocycles. The number of rotatable bonds is 9. The van der Waals surface area contributed by atoms with Crippen LogP contribution >= 0.6 is 0 Å². The van der Waals surface area contributed by atoms with Crippen molar-refractivity contribution in [1.29, 1.82) is 0 Å². The van der Waals surface area contributed by atoms with Gasteiger partial charge in [-0.05, 0) is 49.2 Å². The van der Waals surface area contributed by atoms with Crippen LogP contribution in [0.15, 0.2) is 73.1 Å². The summed E-state index contributed by atoms with van der Waals surface area (Å²) in [6.07, 6.45) is 6.07. The van der Waals surface area contributed by atoms with Crippen LogP contribution in [0.2, 0.25) is 0 Å². The molecule has 1 amide bonds. The van der Waals surface area contributed by atoms with Gasteiger partial charge in [-0.25, -0.2) is 4.68 Å². The fourth-order valence-electron chi connectivity index (χ4n) is 5.23. The van der Waals surface area contributed by atoms with Gasteiger partial charge in [0.2, 0.25) is 5.91 Å². The molecule has 1 fully saturated rings. The normalized spacial score (nSPS) is 15.3. The third-order valence-electron chi connectivity index (χ3n) is 7.14. The lowest BCUT2D eigenvalue weighted by molar-refractivity contribution is -0.122. The van der Waals surface area contributed by atoms with E-state index in [1.807, 2.05) is 65.6 Å². The van der Waals surface area contributed by atoms with Gasteiger partial charge in [-0.1, -0.05) is 31.2 Å². The molecule has 0 bridgehead atoms. The highest BCUT2D eigenvalue weighted by atomic mass is 16.5. The van der Waals surface area contributed by atoms with Crippen molar-refractivity contribution in [1.82, 2.24) is 25.0 Å². The van der Waals surface area contributed by atoms with Gasteiger partial charge in [-0.2, -0.15) is 5.10 Å². The van der Waals surface area contributed by atoms with Gasteiger partial charge in [0.25, 0.3) is 0 Å². The van der Waals surface area contributed by atoms with Crippen LogP contribution in [-0.4, -0.2) is 65.4 Å². The van der Waals surface area contributed by atoms with E-state index in [2.05, 4.69) is 34.2 Å². The summed E-state index contributed by atoms with van der Waals surface area (Å²) in [6.45, 7) is 6.12. The molecule has 1 saturated heterocycles. The first-order chi connectivity index (χ1) is 18.7. The van der Waals surface area contributed by atoms with Gasteiger partial charge in [0, 0.05) is 56.9 Å². The number of benzene rings is 2. The average Bonchev–Trinajstić information content (AvgIpc) is 3.33. The quantitative estimate of drug-likeness (QED) is 0.353. The Balaban J connectivity index is 1.41. The Labute approximate surface area is 224 Å². The summed E-state index contributed by atoms with van der Waals surface area (Å²) in [7, 11) is 1.71. The topological polar surface area (TPSA) is 75.5 Å². The number of amides is 1. The fraction of sp³-hybridized carbons (Fsp3) is 0.367. The first kappa shape index (κ1) is 25.7. The number of methoxy groups -OCH3 is 1. The zero-order valence-electron chi connectivity index (χ0n) is 22.2. The molecule has 8 heteroatoms. The number of anilines is 1. The van der Waals surface area contributed by atoms with E-state index in [9.17, 15) is 4.79 Å². The van der Waals surface area contributed by atoms with E-state index >= 15 is 0 Å². The van der Waals surface area contributed by atoms with E-state index in [1.54, 1.807) is 7.11 Å². The van der Waals surface area contributed by atoms with Gasteiger partial charge in [0.05, 0.1) is 30.0 Å². The van der Waals surface area contributed by atoms with Crippen molar-refractivity contribution in [3.63, 3.8) is 0 Å². The molecule has 2 aromatic carbocycles. The van der Waals surface area contributed by atoms with Gasteiger partial charge in [-0.15, -0.1) is 0 Å². The summed E-state index contributed by atoms with van der Waals surface area (Å²) in [4.78, 5) is 22.4. The summed E-state index contributed by atoms with van der Waals surface area (Å²) < 4.78 is 7.66. The Kier molecular flexibility index (Phi) is 8.19. The number of fused-ring (bicyclic) bond motifs is 1. The summed E-state index contributed by atoms with van der Waals surface area (Å²) >= 11 is 0. The molecule has 198 valence electrons. The minimum atomic E-state index is -0.107. The minimum absolute atomic E-state index is 0.0622. The zero-order chi connectivity index (χ0) is 26.3. The van der Waals surface area contributed by atoms with Crippen molar-refractivity contribution in [2.45, 2.75) is 32.2 Å². The van der Waals surface area contributed by atoms with Crippen LogP contribution in [0.3, 0.4) is 0 Å². The smallest absolute Gasteiger partial charge is 0.221 e. The van der Waals surface area contributed by atoms with Crippen LogP contribution in [-0.2, 0) is 4.79 Å². The number of hydrogen-bond acceptors (Lipinski definition) is 6. The maximum Gasteiger partial charge on any atom is 0.221 e. The molecule has 8 nitrogen and oxygen atoms in total. The van der Waals surface area contributed by atoms with Crippen molar-refractivity contribution in [3.05, 3.63) is 78.8 Å². The molecule has 5 rings (SSSR count). The first-order valence-corrected chi connectivity index (χ1v) is 13.5. The Bertz CT molecular complexity index is 1360. The van der Waals surface area contributed by atoms with Gasteiger partial charge >= 0.3 is 0 Å². The first-order valence-electron chi connectivity index (χ1n) is 13.5. The van der Waals surface area contributed by atoms with Crippen molar-refractivity contribution in [2.24, 2.45) is 0 Å². The molecule has 1 aliphatic heterocycles. The number of nitrogens with one attached hydrogen (secondary N) is 1. The number of hydrogen-bond donors (Lipinski definition) is 1. The maximum absolute atomic E-state index is 12.9. The molecule has 1 atom stereocenters. The highest BCUT2D eigenvalue weighted by Gasteiger charge is 2.29. The highest BCUT2D eigenvalue weighted by Crippen LogP contribution is 2.36. The second-order valence-electron chi connectivity index (χ2n) is 9.66. The highest BCUT2D eigenvalue weighted by molar-refractivity contribution is 5.94. The van der Waals surface area contributed by atoms with Crippen molar-refractivity contribution in [3.8, 4) is 11.4 Å². The molecule has 4 aromatic rings. The van der Waals surface area contributed by atoms with Crippen LogP contribution in [0.5, 0.6) is 5.75 Å². The summed E-state index contributed by atoms with van der Waals surface area (Å²) in [5.41, 5.74) is 3.92.